The first-order valence-corrected chi connectivity index (χ1v) is 9.35. The second-order valence-electron chi connectivity index (χ2n) is 3.99. The van der Waals surface area contributed by atoms with Gasteiger partial charge in [0.05, 0.1) is 4.88 Å². The second-order valence-corrected chi connectivity index (χ2v) is 8.68. The Kier molecular flexibility index (Phi) is 4.65. The molecule has 0 spiro atoms. The first-order valence-electron chi connectivity index (χ1n) is 5.49. The summed E-state index contributed by atoms with van der Waals surface area (Å²) in [5.41, 5.74) is 5.48. The smallest absolute Gasteiger partial charge is 0.250 e. The molecule has 0 aromatic carbocycles. The number of hydrogen-bond acceptors (Lipinski definition) is 5. The van der Waals surface area contributed by atoms with E-state index in [0.717, 1.165) is 35.7 Å². The van der Waals surface area contributed by atoms with Gasteiger partial charge in [-0.05, 0) is 36.5 Å². The largest absolute Gasteiger partial charge is 0.389 e. The highest BCUT2D eigenvalue weighted by Crippen LogP contribution is 2.24. The van der Waals surface area contributed by atoms with E-state index in [2.05, 4.69) is 4.72 Å². The number of nitrogens with two attached hydrogens (primary N) is 1. The Hall–Kier alpha value is -0.150. The molecule has 2 heterocycles. The third-order valence-electron chi connectivity index (χ3n) is 2.63. The van der Waals surface area contributed by atoms with Gasteiger partial charge in [-0.2, -0.15) is 11.8 Å². The van der Waals surface area contributed by atoms with E-state index in [4.69, 9.17) is 18.0 Å². The van der Waals surface area contributed by atoms with Gasteiger partial charge in [-0.25, -0.2) is 13.1 Å². The van der Waals surface area contributed by atoms with Crippen LogP contribution in [0.2, 0.25) is 0 Å². The first kappa shape index (κ1) is 14.3. The van der Waals surface area contributed by atoms with Crippen molar-refractivity contribution in [3.05, 3.63) is 17.0 Å². The zero-order valence-electron chi connectivity index (χ0n) is 9.59. The molecular formula is C10H14N2O2S4. The molecule has 0 aliphatic carbocycles. The minimum Gasteiger partial charge on any atom is -0.389 e. The lowest BCUT2D eigenvalue weighted by atomic mass is 10.2. The molecular weight excluding hydrogens is 308 g/mol. The van der Waals surface area contributed by atoms with Gasteiger partial charge in [0.2, 0.25) is 10.0 Å². The summed E-state index contributed by atoms with van der Waals surface area (Å²) >= 11 is 7.81. The summed E-state index contributed by atoms with van der Waals surface area (Å²) in [7, 11) is -3.43. The summed E-state index contributed by atoms with van der Waals surface area (Å²) in [5, 5.41) is 0. The van der Waals surface area contributed by atoms with Crippen molar-refractivity contribution in [2.75, 3.05) is 11.5 Å². The number of thioether (sulfide) groups is 1. The Balaban J connectivity index is 2.11. The quantitative estimate of drug-likeness (QED) is 0.823. The maximum absolute atomic E-state index is 12.1. The van der Waals surface area contributed by atoms with Gasteiger partial charge in [0.15, 0.2) is 0 Å². The molecule has 1 saturated heterocycles. The topological polar surface area (TPSA) is 72.2 Å². The molecule has 1 aliphatic rings. The summed E-state index contributed by atoms with van der Waals surface area (Å²) in [4.78, 5) is 0.861. The number of sulfonamides is 1. The van der Waals surface area contributed by atoms with Crippen LogP contribution < -0.4 is 10.5 Å². The average molecular weight is 323 g/mol. The van der Waals surface area contributed by atoms with Crippen molar-refractivity contribution in [3.8, 4) is 0 Å². The fourth-order valence-electron chi connectivity index (χ4n) is 1.69. The third kappa shape index (κ3) is 3.45. The summed E-state index contributed by atoms with van der Waals surface area (Å²) in [6.07, 6.45) is 1.77. The van der Waals surface area contributed by atoms with Crippen LogP contribution in [0.3, 0.4) is 0 Å². The Morgan fingerprint density at radius 1 is 1.39 bits per heavy atom. The maximum atomic E-state index is 12.1. The van der Waals surface area contributed by atoms with E-state index < -0.39 is 10.0 Å². The number of hydrogen-bond donors (Lipinski definition) is 2. The van der Waals surface area contributed by atoms with E-state index in [1.54, 1.807) is 12.1 Å². The van der Waals surface area contributed by atoms with Crippen LogP contribution in [0.15, 0.2) is 16.3 Å². The molecule has 8 heteroatoms. The minimum absolute atomic E-state index is 0.0478. The number of thiocarbonyl (C=S) groups is 1. The molecule has 1 aliphatic heterocycles. The Labute approximate surface area is 120 Å². The summed E-state index contributed by atoms with van der Waals surface area (Å²) in [6, 6.07) is 3.25. The summed E-state index contributed by atoms with van der Waals surface area (Å²) < 4.78 is 27.3. The van der Waals surface area contributed by atoms with E-state index in [0.29, 0.717) is 4.88 Å². The van der Waals surface area contributed by atoms with E-state index in [9.17, 15) is 8.42 Å². The molecule has 4 nitrogen and oxygen atoms in total. The average Bonchev–Trinajstić information content (AvgIpc) is 2.79. The van der Waals surface area contributed by atoms with Gasteiger partial charge in [0, 0.05) is 6.04 Å². The molecule has 1 fully saturated rings. The number of thiophene rings is 1. The van der Waals surface area contributed by atoms with E-state index in [-0.39, 0.29) is 15.2 Å². The van der Waals surface area contributed by atoms with Crippen molar-refractivity contribution in [2.24, 2.45) is 5.73 Å². The van der Waals surface area contributed by atoms with Gasteiger partial charge < -0.3 is 5.73 Å². The van der Waals surface area contributed by atoms with Crippen LogP contribution in [0, 0.1) is 0 Å². The lowest BCUT2D eigenvalue weighted by Gasteiger charge is -2.21. The molecule has 100 valence electrons. The van der Waals surface area contributed by atoms with Crippen LogP contribution >= 0.6 is 35.3 Å². The molecule has 0 bridgehead atoms. The molecule has 3 N–H and O–H groups in total. The molecule has 0 saturated carbocycles. The van der Waals surface area contributed by atoms with E-state index in [1.807, 2.05) is 11.8 Å². The lowest BCUT2D eigenvalue weighted by molar-refractivity contribution is 0.530. The Morgan fingerprint density at radius 3 is 2.61 bits per heavy atom. The SMILES string of the molecule is NC(=S)c1ccc(S(=O)(=O)NC2CCSCC2)s1. The highest BCUT2D eigenvalue weighted by atomic mass is 32.2. The summed E-state index contributed by atoms with van der Waals surface area (Å²) in [5.74, 6) is 2.02. The van der Waals surface area contributed by atoms with Crippen LogP contribution in [0.5, 0.6) is 0 Å². The van der Waals surface area contributed by atoms with Crippen molar-refractivity contribution < 1.29 is 8.42 Å². The van der Waals surface area contributed by atoms with Gasteiger partial charge in [-0.1, -0.05) is 12.2 Å². The molecule has 0 amide bonds. The standard InChI is InChI=1S/C10H14N2O2S4/c11-10(15)8-1-2-9(17-8)18(13,14)12-7-3-5-16-6-4-7/h1-2,7,12H,3-6H2,(H2,11,15). The zero-order chi connectivity index (χ0) is 13.2. The monoisotopic (exact) mass is 322 g/mol. The van der Waals surface area contributed by atoms with Crippen LogP contribution in [0.25, 0.3) is 0 Å². The fraction of sp³-hybridized carbons (Fsp3) is 0.500. The van der Waals surface area contributed by atoms with Crippen LogP contribution in [-0.4, -0.2) is 31.0 Å². The zero-order valence-corrected chi connectivity index (χ0v) is 12.9. The molecule has 18 heavy (non-hydrogen) atoms. The van der Waals surface area contributed by atoms with Gasteiger partial charge in [0.25, 0.3) is 0 Å². The fourth-order valence-corrected chi connectivity index (χ4v) is 5.47. The van der Waals surface area contributed by atoms with Gasteiger partial charge in [-0.3, -0.25) is 0 Å². The van der Waals surface area contributed by atoms with E-state index in [1.165, 1.54) is 0 Å². The lowest BCUT2D eigenvalue weighted by Crippen LogP contribution is -2.36. The minimum atomic E-state index is -3.43. The highest BCUT2D eigenvalue weighted by Gasteiger charge is 2.23. The predicted molar refractivity (Wildman–Crippen MR) is 80.9 cm³/mol. The van der Waals surface area contributed by atoms with Gasteiger partial charge >= 0.3 is 0 Å². The summed E-state index contributed by atoms with van der Waals surface area (Å²) in [6.45, 7) is 0. The first-order chi connectivity index (χ1) is 8.49. The third-order valence-corrected chi connectivity index (χ3v) is 7.16. The van der Waals surface area contributed by atoms with Crippen molar-refractivity contribution in [2.45, 2.75) is 23.1 Å². The number of rotatable bonds is 4. The molecule has 0 radical (unpaired) electrons. The molecule has 1 aromatic rings. The predicted octanol–water partition coefficient (Wildman–Crippen LogP) is 1.56. The van der Waals surface area contributed by atoms with Crippen LogP contribution in [0.4, 0.5) is 0 Å². The van der Waals surface area contributed by atoms with E-state index >= 15 is 0 Å². The second kappa shape index (κ2) is 5.87. The van der Waals surface area contributed by atoms with Gasteiger partial charge in [-0.15, -0.1) is 11.3 Å². The highest BCUT2D eigenvalue weighted by molar-refractivity contribution is 7.99. The van der Waals surface area contributed by atoms with Crippen LogP contribution in [0.1, 0.15) is 17.7 Å². The number of nitrogens with one attached hydrogen (secondary N) is 1. The molecule has 1 aromatic heterocycles. The Morgan fingerprint density at radius 2 is 2.06 bits per heavy atom. The van der Waals surface area contributed by atoms with Crippen molar-refractivity contribution >= 4 is 50.3 Å². The van der Waals surface area contributed by atoms with Crippen LogP contribution in [-0.2, 0) is 10.0 Å². The van der Waals surface area contributed by atoms with Crippen molar-refractivity contribution in [1.82, 2.24) is 4.72 Å². The Bertz CT molecular complexity index is 532. The normalized spacial score (nSPS) is 17.8. The molecule has 0 atom stereocenters. The molecule has 0 unspecified atom stereocenters. The van der Waals surface area contributed by atoms with Crippen molar-refractivity contribution in [1.29, 1.82) is 0 Å². The van der Waals surface area contributed by atoms with Gasteiger partial charge in [0.1, 0.15) is 9.20 Å². The van der Waals surface area contributed by atoms with Crippen molar-refractivity contribution in [3.63, 3.8) is 0 Å². The molecule has 2 rings (SSSR count). The maximum Gasteiger partial charge on any atom is 0.250 e.